The SMILES string of the molecule is CCC1CCN(Cc2ccc(C#Cc3cc(F)c4c(c3)C(=O)N(C(C(=O)Nc3nccs3)c3ncn5c3C[C@@H](F)C5)C4)cc2)CC1. The van der Waals surface area contributed by atoms with E-state index < -0.39 is 29.8 Å². The molecule has 3 aliphatic rings. The van der Waals surface area contributed by atoms with E-state index in [-0.39, 0.29) is 36.3 Å². The molecule has 0 saturated carbocycles. The van der Waals surface area contributed by atoms with E-state index in [1.807, 2.05) is 12.1 Å². The van der Waals surface area contributed by atoms with Gasteiger partial charge in [-0.25, -0.2) is 18.7 Å². The Morgan fingerprint density at radius 1 is 1.13 bits per heavy atom. The number of carbonyl (C=O) groups is 2. The van der Waals surface area contributed by atoms with Gasteiger partial charge in [0.05, 0.1) is 25.1 Å². The summed E-state index contributed by atoms with van der Waals surface area (Å²) in [6.45, 7) is 5.43. The monoisotopic (exact) mass is 640 g/mol. The fraction of sp³-hybridized carbons (Fsp3) is 0.371. The van der Waals surface area contributed by atoms with E-state index in [0.29, 0.717) is 16.4 Å². The second-order valence-electron chi connectivity index (χ2n) is 12.3. The van der Waals surface area contributed by atoms with E-state index in [1.54, 1.807) is 22.2 Å². The van der Waals surface area contributed by atoms with Crippen LogP contribution in [0.5, 0.6) is 0 Å². The third kappa shape index (κ3) is 6.07. The molecule has 2 amide bonds. The standard InChI is InChI=1S/C35H34F2N6O2S/c1-2-22-9-12-41(13-10-22)18-24-6-3-23(4-7-24)5-8-25-15-27-28(29(37)16-25)20-43(34(27)45)32(33(44)40-35-38-11-14-46-35)31-30-17-26(36)19-42(30)21-39-31/h3-4,6-7,11,14-16,21-22,26,32H,2,9-10,12-13,17-20H2,1H3,(H,38,40,44)/t26-,32?/m1/s1. The van der Waals surface area contributed by atoms with Gasteiger partial charge in [-0.2, -0.15) is 0 Å². The molecule has 0 radical (unpaired) electrons. The average Bonchev–Trinajstić information content (AvgIpc) is 3.85. The van der Waals surface area contributed by atoms with Crippen molar-refractivity contribution in [3.05, 3.63) is 99.3 Å². The van der Waals surface area contributed by atoms with E-state index in [9.17, 15) is 14.0 Å². The number of fused-ring (bicyclic) bond motifs is 2. The zero-order valence-corrected chi connectivity index (χ0v) is 26.3. The number of hydrogen-bond acceptors (Lipinski definition) is 6. The predicted molar refractivity (Wildman–Crippen MR) is 171 cm³/mol. The molecular weight excluding hydrogens is 606 g/mol. The van der Waals surface area contributed by atoms with Crippen LogP contribution in [0.1, 0.15) is 76.2 Å². The zero-order chi connectivity index (χ0) is 31.8. The Balaban J connectivity index is 1.10. The Bertz CT molecular complexity index is 1820. The first-order valence-electron chi connectivity index (χ1n) is 15.7. The number of thiazole rings is 1. The number of likely N-dealkylation sites (tertiary alicyclic amines) is 1. The van der Waals surface area contributed by atoms with Gasteiger partial charge in [0.2, 0.25) is 0 Å². The molecule has 46 heavy (non-hydrogen) atoms. The fourth-order valence-electron chi connectivity index (χ4n) is 6.71. The van der Waals surface area contributed by atoms with Crippen molar-refractivity contribution in [2.75, 3.05) is 18.4 Å². The van der Waals surface area contributed by atoms with Crippen molar-refractivity contribution in [2.24, 2.45) is 5.92 Å². The van der Waals surface area contributed by atoms with Crippen LogP contribution in [0.4, 0.5) is 13.9 Å². The topological polar surface area (TPSA) is 83.4 Å². The van der Waals surface area contributed by atoms with Gasteiger partial charge in [-0.3, -0.25) is 19.8 Å². The van der Waals surface area contributed by atoms with Crippen LogP contribution in [0, 0.1) is 23.6 Å². The highest BCUT2D eigenvalue weighted by Gasteiger charge is 2.42. The molecule has 1 N–H and O–H groups in total. The van der Waals surface area contributed by atoms with E-state index in [0.717, 1.165) is 31.1 Å². The molecular formula is C35H34F2N6O2S. The number of aromatic nitrogens is 3. The molecule has 236 valence electrons. The van der Waals surface area contributed by atoms with E-state index in [2.05, 4.69) is 51.1 Å². The van der Waals surface area contributed by atoms with Gasteiger partial charge < -0.3 is 9.47 Å². The van der Waals surface area contributed by atoms with Gasteiger partial charge in [-0.1, -0.05) is 37.3 Å². The summed E-state index contributed by atoms with van der Waals surface area (Å²) in [7, 11) is 0. The second-order valence-corrected chi connectivity index (χ2v) is 13.1. The molecule has 2 aromatic carbocycles. The Labute approximate surface area is 270 Å². The minimum atomic E-state index is -1.20. The van der Waals surface area contributed by atoms with Gasteiger partial charge in [0.1, 0.15) is 12.0 Å². The maximum Gasteiger partial charge on any atom is 0.255 e. The molecule has 1 saturated heterocycles. The van der Waals surface area contributed by atoms with E-state index >= 15 is 4.39 Å². The number of nitrogens with one attached hydrogen (secondary N) is 1. The van der Waals surface area contributed by atoms with Crippen LogP contribution in [0.2, 0.25) is 0 Å². The third-order valence-corrected chi connectivity index (χ3v) is 9.97. The quantitative estimate of drug-likeness (QED) is 0.261. The third-order valence-electron chi connectivity index (χ3n) is 9.28. The van der Waals surface area contributed by atoms with Gasteiger partial charge in [0.15, 0.2) is 11.2 Å². The number of carbonyl (C=O) groups excluding carboxylic acids is 2. The molecule has 0 bridgehead atoms. The number of nitrogens with zero attached hydrogens (tertiary/aromatic N) is 5. The Kier molecular flexibility index (Phi) is 8.40. The molecule has 3 aliphatic heterocycles. The number of rotatable bonds is 7. The van der Waals surface area contributed by atoms with Crippen molar-refractivity contribution >= 4 is 28.3 Å². The Morgan fingerprint density at radius 2 is 1.91 bits per heavy atom. The Hall–Kier alpha value is -4.40. The lowest BCUT2D eigenvalue weighted by atomic mass is 9.94. The molecule has 7 rings (SSSR count). The largest absolute Gasteiger partial charge is 0.331 e. The van der Waals surface area contributed by atoms with Crippen molar-refractivity contribution in [1.82, 2.24) is 24.3 Å². The highest BCUT2D eigenvalue weighted by molar-refractivity contribution is 7.13. The summed E-state index contributed by atoms with van der Waals surface area (Å²) in [4.78, 5) is 39.8. The summed E-state index contributed by atoms with van der Waals surface area (Å²) in [6, 6.07) is 9.79. The van der Waals surface area contributed by atoms with Crippen LogP contribution in [-0.4, -0.2) is 55.4 Å². The van der Waals surface area contributed by atoms with E-state index in [1.165, 1.54) is 53.5 Å². The lowest BCUT2D eigenvalue weighted by molar-refractivity contribution is -0.121. The molecule has 5 heterocycles. The highest BCUT2D eigenvalue weighted by Crippen LogP contribution is 2.36. The smallest absolute Gasteiger partial charge is 0.255 e. The number of imidazole rings is 1. The van der Waals surface area contributed by atoms with Gasteiger partial charge in [0.25, 0.3) is 11.8 Å². The van der Waals surface area contributed by atoms with Crippen molar-refractivity contribution in [2.45, 2.75) is 64.5 Å². The summed E-state index contributed by atoms with van der Waals surface area (Å²) >= 11 is 1.23. The van der Waals surface area contributed by atoms with Crippen molar-refractivity contribution < 1.29 is 18.4 Å². The molecule has 2 aromatic heterocycles. The number of anilines is 1. The highest BCUT2D eigenvalue weighted by atomic mass is 32.1. The van der Waals surface area contributed by atoms with Gasteiger partial charge in [-0.05, 0) is 61.7 Å². The summed E-state index contributed by atoms with van der Waals surface area (Å²) in [6.07, 6.45) is 5.77. The van der Waals surface area contributed by atoms with Crippen LogP contribution in [0.15, 0.2) is 54.3 Å². The summed E-state index contributed by atoms with van der Waals surface area (Å²) in [5.41, 5.74) is 3.56. The lowest BCUT2D eigenvalue weighted by Gasteiger charge is -2.31. The predicted octanol–water partition coefficient (Wildman–Crippen LogP) is 5.73. The maximum absolute atomic E-state index is 15.5. The fourth-order valence-corrected chi connectivity index (χ4v) is 7.24. The van der Waals surface area contributed by atoms with Crippen molar-refractivity contribution in [1.29, 1.82) is 0 Å². The summed E-state index contributed by atoms with van der Waals surface area (Å²) < 4.78 is 31.5. The maximum atomic E-state index is 15.5. The van der Waals surface area contributed by atoms with Crippen LogP contribution < -0.4 is 5.32 Å². The van der Waals surface area contributed by atoms with Crippen LogP contribution in [0.3, 0.4) is 0 Å². The molecule has 0 spiro atoms. The number of amides is 2. The van der Waals surface area contributed by atoms with Gasteiger partial charge in [0, 0.05) is 52.5 Å². The lowest BCUT2D eigenvalue weighted by Crippen LogP contribution is -2.38. The number of piperidine rings is 1. The number of benzene rings is 2. The van der Waals surface area contributed by atoms with Crippen LogP contribution in [0.25, 0.3) is 0 Å². The summed E-state index contributed by atoms with van der Waals surface area (Å²) in [5.74, 6) is 5.32. The average molecular weight is 641 g/mol. The molecule has 11 heteroatoms. The second kappa shape index (κ2) is 12.8. The molecule has 1 fully saturated rings. The summed E-state index contributed by atoms with van der Waals surface area (Å²) in [5, 5.41) is 4.81. The number of alkyl halides is 1. The zero-order valence-electron chi connectivity index (χ0n) is 25.5. The first-order chi connectivity index (χ1) is 22.4. The van der Waals surface area contributed by atoms with Crippen molar-refractivity contribution in [3.8, 4) is 11.8 Å². The number of hydrogen-bond donors (Lipinski definition) is 1. The molecule has 8 nitrogen and oxygen atoms in total. The van der Waals surface area contributed by atoms with Gasteiger partial charge >= 0.3 is 0 Å². The normalized spacial score (nSPS) is 18.6. The molecule has 2 atom stereocenters. The minimum absolute atomic E-state index is 0.0814. The Morgan fingerprint density at radius 3 is 2.65 bits per heavy atom. The number of halogens is 2. The minimum Gasteiger partial charge on any atom is -0.331 e. The van der Waals surface area contributed by atoms with Crippen molar-refractivity contribution in [3.63, 3.8) is 0 Å². The van der Waals surface area contributed by atoms with E-state index in [4.69, 9.17) is 0 Å². The first kappa shape index (κ1) is 30.3. The molecule has 4 aromatic rings. The molecule has 1 unspecified atom stereocenters. The van der Waals surface area contributed by atoms with Crippen LogP contribution in [-0.2, 0) is 30.8 Å². The molecule has 0 aliphatic carbocycles. The first-order valence-corrected chi connectivity index (χ1v) is 16.6. The van der Waals surface area contributed by atoms with Crippen LogP contribution >= 0.6 is 11.3 Å². The van der Waals surface area contributed by atoms with Gasteiger partial charge in [-0.15, -0.1) is 11.3 Å².